The fourth-order valence-corrected chi connectivity index (χ4v) is 9.98. The molecule has 0 radical (unpaired) electrons. The van der Waals surface area contributed by atoms with E-state index in [0.717, 1.165) is 41.6 Å². The molecule has 0 unspecified atom stereocenters. The van der Waals surface area contributed by atoms with E-state index in [1.807, 2.05) is 6.92 Å². The van der Waals surface area contributed by atoms with Gasteiger partial charge in [-0.25, -0.2) is 0 Å². The first-order valence-corrected chi connectivity index (χ1v) is 15.8. The van der Waals surface area contributed by atoms with Crippen molar-refractivity contribution in [3.63, 3.8) is 0 Å². The van der Waals surface area contributed by atoms with Crippen LogP contribution in [0.1, 0.15) is 59.3 Å². The molecule has 27 heavy (non-hydrogen) atoms. The normalized spacial score (nSPS) is 30.0. The Hall–Kier alpha value is -0.915. The molecule has 0 heterocycles. The first-order chi connectivity index (χ1) is 12.7. The number of rotatable bonds is 6. The molecule has 0 aromatic rings. The number of carbonyl (C=O) groups excluding carboxylic acids is 3. The predicted octanol–water partition coefficient (Wildman–Crippen LogP) is 3.60. The topological polar surface area (TPSA) is 78.9 Å². The summed E-state index contributed by atoms with van der Waals surface area (Å²) in [7, 11) is 2.86. The van der Waals surface area contributed by atoms with Crippen LogP contribution >= 0.6 is 0 Å². The summed E-state index contributed by atoms with van der Waals surface area (Å²) in [5.74, 6) is -0.472. The van der Waals surface area contributed by atoms with Gasteiger partial charge in [-0.2, -0.15) is 0 Å². The van der Waals surface area contributed by atoms with Crippen molar-refractivity contribution in [2.75, 3.05) is 14.2 Å². The zero-order valence-corrected chi connectivity index (χ0v) is 22.7. The molecule has 0 spiro atoms. The average Bonchev–Trinajstić information content (AvgIpc) is 2.62. The van der Waals surface area contributed by atoms with E-state index in [-0.39, 0.29) is 35.7 Å². The van der Waals surface area contributed by atoms with Gasteiger partial charge in [0.15, 0.2) is 0 Å². The molecule has 0 aromatic carbocycles. The van der Waals surface area contributed by atoms with Gasteiger partial charge in [-0.3, -0.25) is 0 Å². The molecule has 2 rings (SSSR count). The van der Waals surface area contributed by atoms with Gasteiger partial charge in [0.2, 0.25) is 0 Å². The van der Waals surface area contributed by atoms with Gasteiger partial charge in [0.1, 0.15) is 0 Å². The molecule has 0 bridgehead atoms. The van der Waals surface area contributed by atoms with E-state index in [1.165, 1.54) is 26.7 Å². The molecule has 3 atom stereocenters. The van der Waals surface area contributed by atoms with E-state index in [4.69, 9.17) is 12.1 Å². The van der Waals surface area contributed by atoms with Crippen molar-refractivity contribution in [1.29, 1.82) is 0 Å². The number of esters is 2. The summed E-state index contributed by atoms with van der Waals surface area (Å²) in [6.07, 6.45) is 4.68. The van der Waals surface area contributed by atoms with Crippen LogP contribution in [0.4, 0.5) is 0 Å². The van der Waals surface area contributed by atoms with Crippen molar-refractivity contribution in [2.24, 2.45) is 16.7 Å². The fourth-order valence-electron chi connectivity index (χ4n) is 5.36. The Morgan fingerprint density at radius 1 is 1.15 bits per heavy atom. The van der Waals surface area contributed by atoms with Gasteiger partial charge in [-0.15, -0.1) is 0 Å². The molecule has 0 aliphatic heterocycles. The minimum absolute atomic E-state index is 0.139. The Balaban J connectivity index is 2.41. The molecule has 7 heteroatoms. The second-order valence-electron chi connectivity index (χ2n) is 8.20. The molecule has 2 aliphatic rings. The average molecular weight is 567 g/mol. The van der Waals surface area contributed by atoms with Gasteiger partial charge in [0.05, 0.1) is 0 Å². The van der Waals surface area contributed by atoms with E-state index < -0.39 is 30.4 Å². The Labute approximate surface area is 174 Å². The van der Waals surface area contributed by atoms with E-state index in [0.29, 0.717) is 0 Å². The van der Waals surface area contributed by atoms with Crippen molar-refractivity contribution in [3.05, 3.63) is 11.1 Å². The number of fused-ring (bicyclic) bond motifs is 1. The number of hydrogen-bond acceptors (Lipinski definition) is 6. The maximum absolute atomic E-state index is 12.6. The molecule has 1 fully saturated rings. The predicted molar refractivity (Wildman–Crippen MR) is 95.0 cm³/mol. The molecular weight excluding hydrogens is 537 g/mol. The van der Waals surface area contributed by atoms with Crippen LogP contribution in [-0.2, 0) is 51.5 Å². The van der Waals surface area contributed by atoms with Crippen molar-refractivity contribution in [2.45, 2.75) is 63.2 Å². The molecular formula is C20H30HgO6. The van der Waals surface area contributed by atoms with Gasteiger partial charge >= 0.3 is 175 Å². The SMILES string of the molecule is COC(=O)CC1=C([CH2][Hg][O]C(C)=O)CC[C@H]2[C@@](C)(C(=O)OC)CCC[C@]12C. The first kappa shape index (κ1) is 22.4. The van der Waals surface area contributed by atoms with Crippen LogP contribution < -0.4 is 0 Å². The van der Waals surface area contributed by atoms with Gasteiger partial charge in [-0.05, 0) is 0 Å². The summed E-state index contributed by atoms with van der Waals surface area (Å²) >= 11 is -1.81. The molecule has 0 N–H and O–H groups in total. The van der Waals surface area contributed by atoms with E-state index in [1.54, 1.807) is 0 Å². The zero-order chi connectivity index (χ0) is 20.2. The van der Waals surface area contributed by atoms with Gasteiger partial charge in [0, 0.05) is 0 Å². The summed E-state index contributed by atoms with van der Waals surface area (Å²) in [6.45, 7) is 5.66. The van der Waals surface area contributed by atoms with E-state index in [2.05, 4.69) is 6.92 Å². The summed E-state index contributed by atoms with van der Waals surface area (Å²) < 4.78 is 16.3. The summed E-state index contributed by atoms with van der Waals surface area (Å²) in [4.78, 5) is 36.0. The summed E-state index contributed by atoms with van der Waals surface area (Å²) in [5.41, 5.74) is 1.62. The van der Waals surface area contributed by atoms with Gasteiger partial charge in [-0.1, -0.05) is 0 Å². The summed E-state index contributed by atoms with van der Waals surface area (Å²) in [5, 5.41) is 0. The van der Waals surface area contributed by atoms with Crippen LogP contribution in [0.15, 0.2) is 11.1 Å². The first-order valence-electron chi connectivity index (χ1n) is 9.69. The molecule has 0 aromatic heterocycles. The van der Waals surface area contributed by atoms with Crippen LogP contribution in [0.2, 0.25) is 3.93 Å². The van der Waals surface area contributed by atoms with Crippen molar-refractivity contribution in [3.8, 4) is 0 Å². The Kier molecular flexibility index (Phi) is 7.50. The molecule has 0 saturated heterocycles. The number of hydrogen-bond donors (Lipinski definition) is 0. The minimum atomic E-state index is -1.81. The van der Waals surface area contributed by atoms with Crippen LogP contribution in [0.5, 0.6) is 0 Å². The Bertz CT molecular complexity index is 642. The van der Waals surface area contributed by atoms with Crippen molar-refractivity contribution < 1.29 is 51.5 Å². The van der Waals surface area contributed by atoms with Crippen LogP contribution in [0.3, 0.4) is 0 Å². The summed E-state index contributed by atoms with van der Waals surface area (Å²) in [6, 6.07) is 0. The van der Waals surface area contributed by atoms with Crippen molar-refractivity contribution in [1.82, 2.24) is 0 Å². The number of carbonyl (C=O) groups is 3. The Morgan fingerprint density at radius 3 is 2.44 bits per heavy atom. The van der Waals surface area contributed by atoms with E-state index in [9.17, 15) is 14.4 Å². The van der Waals surface area contributed by atoms with Gasteiger partial charge < -0.3 is 0 Å². The van der Waals surface area contributed by atoms with Gasteiger partial charge in [0.25, 0.3) is 0 Å². The third-order valence-electron chi connectivity index (χ3n) is 6.69. The third-order valence-corrected chi connectivity index (χ3v) is 12.2. The number of methoxy groups -OCH3 is 2. The number of ether oxygens (including phenoxy) is 2. The van der Waals surface area contributed by atoms with Crippen LogP contribution in [0.25, 0.3) is 0 Å². The second-order valence-corrected chi connectivity index (χ2v) is 12.8. The van der Waals surface area contributed by atoms with Crippen LogP contribution in [-0.4, -0.2) is 32.1 Å². The second kappa shape index (κ2) is 9.06. The maximum atomic E-state index is 12.6. The molecule has 6 nitrogen and oxygen atoms in total. The molecule has 1 saturated carbocycles. The Morgan fingerprint density at radius 2 is 1.85 bits per heavy atom. The quantitative estimate of drug-likeness (QED) is 0.278. The van der Waals surface area contributed by atoms with Crippen molar-refractivity contribution >= 4 is 17.9 Å². The molecule has 2 aliphatic carbocycles. The van der Waals surface area contributed by atoms with E-state index >= 15 is 0 Å². The molecule has 0 amide bonds. The molecule has 148 valence electrons. The monoisotopic (exact) mass is 568 g/mol. The third kappa shape index (κ3) is 4.57. The zero-order valence-electron chi connectivity index (χ0n) is 17.2. The number of allylic oxidation sites excluding steroid dienone is 1. The van der Waals surface area contributed by atoms with Crippen LogP contribution in [0, 0.1) is 16.7 Å². The standard InChI is InChI=1S/C18H27O4.C2H4O2.Hg/c1-12-7-8-14-17(2,13(12)11-15(19)21-4)9-6-10-18(14,3)16(20)22-5;1-2(3)4;/h14H,1,6-11H2,2-5H3;1H3,(H,3,4);/q;;+1/p-1/t14-,17-,18+;;/m1../s1. The fraction of sp³-hybridized carbons (Fsp3) is 0.750.